The second kappa shape index (κ2) is 26.1. The molecule has 0 radical (unpaired) electrons. The first-order valence-electron chi connectivity index (χ1n) is 24.4. The van der Waals surface area contributed by atoms with Crippen molar-refractivity contribution < 1.29 is 52.9 Å². The number of carbonyl (C=O) groups excluding carboxylic acids is 7. The van der Waals surface area contributed by atoms with Gasteiger partial charge in [-0.25, -0.2) is 0 Å². The lowest BCUT2D eigenvalue weighted by atomic mass is 9.83. The third kappa shape index (κ3) is 14.7. The number of hydrogen-bond acceptors (Lipinski definition) is 10. The number of amides is 3. The van der Waals surface area contributed by atoms with Crippen LogP contribution >= 0.6 is 0 Å². The van der Waals surface area contributed by atoms with Gasteiger partial charge in [0.1, 0.15) is 5.78 Å². The highest BCUT2D eigenvalue weighted by Gasteiger charge is 2.44. The van der Waals surface area contributed by atoms with Gasteiger partial charge in [-0.2, -0.15) is 0 Å². The fourth-order valence-corrected chi connectivity index (χ4v) is 10.6. The van der Waals surface area contributed by atoms with Gasteiger partial charge in [0.05, 0.1) is 48.6 Å². The zero-order valence-electron chi connectivity index (χ0n) is 40.7. The molecule has 4 rings (SSSR count). The van der Waals surface area contributed by atoms with E-state index in [9.17, 15) is 43.5 Å². The second-order valence-electron chi connectivity index (χ2n) is 19.7. The maximum absolute atomic E-state index is 14.7. The molecule has 3 amide bonds. The van der Waals surface area contributed by atoms with Gasteiger partial charge in [-0.3, -0.25) is 38.4 Å². The van der Waals surface area contributed by atoms with Gasteiger partial charge in [0.2, 0.25) is 17.7 Å². The Morgan fingerprint density at radius 2 is 1.45 bits per heavy atom. The number of rotatable bonds is 28. The summed E-state index contributed by atoms with van der Waals surface area (Å²) in [7, 11) is 4.82. The van der Waals surface area contributed by atoms with E-state index in [0.29, 0.717) is 45.1 Å². The standard InChI is InChI=1S/C52H77N3O11/c1-32(2)39(30-44(59)48(33(3)4)53-46(60)24-14-10-13-22-38-41(56)25-26-42(38)57)51(62)54(6)49(36-20-15-16-21-36)45(65-7)31-47(61)55-27-17-23-40(55)50(66-8)34(5)43(58)29-37(52(63)64)28-35-18-11-9-12-19-35/h9,11-12,18-19,25-26,32-34,36-40,45,48-50H,10,13-17,20-24,27-31H2,1-8H3,(H,53,60)(H,63,64)/t34-,37+,39?,40-,45+,48-,49-,50+/m0/s1. The molecule has 1 aliphatic heterocycles. The van der Waals surface area contributed by atoms with E-state index in [1.54, 1.807) is 30.9 Å². The SMILES string of the molecule is CO[C@H]([C@@H](C)C(=O)C[C@@H](Cc1ccccc1)C(=O)O)[C@@H]1CCCN1C(=O)C[C@@H](OC)[C@H](C1CCCC1)N(C)C(=O)C(CC(=O)[C@@H](NC(=O)CCCCCC1C(=O)C=CC1=O)C(C)C)C(C)C. The van der Waals surface area contributed by atoms with Crippen LogP contribution in [-0.2, 0) is 54.3 Å². The molecule has 2 aliphatic carbocycles. The predicted octanol–water partition coefficient (Wildman–Crippen LogP) is 6.60. The predicted molar refractivity (Wildman–Crippen MR) is 250 cm³/mol. The Morgan fingerprint density at radius 3 is 2.03 bits per heavy atom. The van der Waals surface area contributed by atoms with Crippen molar-refractivity contribution >= 4 is 46.8 Å². The molecule has 366 valence electrons. The number of nitrogens with zero attached hydrogens (tertiary/aromatic N) is 2. The van der Waals surface area contributed by atoms with Gasteiger partial charge in [0.25, 0.3) is 0 Å². The van der Waals surface area contributed by atoms with Crippen molar-refractivity contribution in [3.8, 4) is 0 Å². The van der Waals surface area contributed by atoms with Crippen LogP contribution in [0.15, 0.2) is 42.5 Å². The van der Waals surface area contributed by atoms with Crippen molar-refractivity contribution in [1.29, 1.82) is 0 Å². The molecule has 0 bridgehead atoms. The molecule has 2 fully saturated rings. The van der Waals surface area contributed by atoms with Crippen LogP contribution in [0.4, 0.5) is 0 Å². The quantitative estimate of drug-likeness (QED) is 0.0680. The number of carboxylic acids is 1. The molecule has 2 N–H and O–H groups in total. The van der Waals surface area contributed by atoms with Gasteiger partial charge in [0.15, 0.2) is 17.3 Å². The first-order chi connectivity index (χ1) is 31.4. The number of likely N-dealkylation sites (N-methyl/N-ethyl adjacent to an activating group) is 1. The molecule has 1 aromatic rings. The van der Waals surface area contributed by atoms with Crippen LogP contribution in [0.1, 0.15) is 130 Å². The lowest BCUT2D eigenvalue weighted by molar-refractivity contribution is -0.149. The largest absolute Gasteiger partial charge is 0.481 e. The Bertz CT molecular complexity index is 1840. The maximum atomic E-state index is 14.7. The van der Waals surface area contributed by atoms with Gasteiger partial charge >= 0.3 is 5.97 Å². The molecular formula is C52H77N3O11. The maximum Gasteiger partial charge on any atom is 0.307 e. The molecule has 3 aliphatic rings. The molecule has 1 heterocycles. The van der Waals surface area contributed by atoms with Crippen LogP contribution in [0.2, 0.25) is 0 Å². The molecule has 1 unspecified atom stereocenters. The van der Waals surface area contributed by atoms with E-state index in [4.69, 9.17) is 9.47 Å². The molecule has 66 heavy (non-hydrogen) atoms. The van der Waals surface area contributed by atoms with Crippen LogP contribution in [0.3, 0.4) is 0 Å². The van der Waals surface area contributed by atoms with Gasteiger partial charge in [-0.05, 0) is 80.4 Å². The van der Waals surface area contributed by atoms with Crippen molar-refractivity contribution in [1.82, 2.24) is 15.1 Å². The summed E-state index contributed by atoms with van der Waals surface area (Å²) in [5, 5.41) is 12.9. The number of hydrogen-bond donors (Lipinski definition) is 2. The van der Waals surface area contributed by atoms with Crippen LogP contribution in [0, 0.1) is 41.4 Å². The highest BCUT2D eigenvalue weighted by atomic mass is 16.5. The zero-order valence-corrected chi connectivity index (χ0v) is 40.7. The monoisotopic (exact) mass is 920 g/mol. The fraction of sp³-hybridized carbons (Fsp3) is 0.692. The minimum atomic E-state index is -1.04. The summed E-state index contributed by atoms with van der Waals surface area (Å²) in [6.45, 7) is 9.75. The highest BCUT2D eigenvalue weighted by Crippen LogP contribution is 2.36. The number of carbonyl (C=O) groups is 8. The number of ether oxygens (including phenoxy) is 2. The van der Waals surface area contributed by atoms with Gasteiger partial charge in [-0.1, -0.05) is 90.6 Å². The summed E-state index contributed by atoms with van der Waals surface area (Å²) in [5.74, 6) is -5.74. The Morgan fingerprint density at radius 1 is 0.803 bits per heavy atom. The molecule has 8 atom stereocenters. The topological polar surface area (TPSA) is 194 Å². The minimum Gasteiger partial charge on any atom is -0.481 e. The third-order valence-corrected chi connectivity index (χ3v) is 14.5. The van der Waals surface area contributed by atoms with Crippen molar-refractivity contribution in [3.63, 3.8) is 0 Å². The normalized spacial score (nSPS) is 20.0. The summed E-state index contributed by atoms with van der Waals surface area (Å²) in [5.41, 5.74) is 0.834. The van der Waals surface area contributed by atoms with Crippen molar-refractivity contribution in [2.24, 2.45) is 41.4 Å². The molecule has 14 heteroatoms. The van der Waals surface area contributed by atoms with Crippen LogP contribution in [0.5, 0.6) is 0 Å². The van der Waals surface area contributed by atoms with E-state index in [-0.39, 0.29) is 90.7 Å². The lowest BCUT2D eigenvalue weighted by Gasteiger charge is -2.41. The summed E-state index contributed by atoms with van der Waals surface area (Å²) >= 11 is 0. The Balaban J connectivity index is 1.41. The van der Waals surface area contributed by atoms with E-state index in [0.717, 1.165) is 31.2 Å². The van der Waals surface area contributed by atoms with Gasteiger partial charge < -0.3 is 29.7 Å². The van der Waals surface area contributed by atoms with E-state index < -0.39 is 60.0 Å². The number of ketones is 4. The van der Waals surface area contributed by atoms with E-state index in [2.05, 4.69) is 5.32 Å². The number of allylic oxidation sites excluding steroid dienone is 2. The number of likely N-dealkylation sites (tertiary alicyclic amines) is 1. The van der Waals surface area contributed by atoms with Gasteiger partial charge in [0, 0.05) is 58.9 Å². The minimum absolute atomic E-state index is 0.0104. The molecular weight excluding hydrogens is 843 g/mol. The first kappa shape index (κ1) is 54.0. The number of aliphatic carboxylic acids is 1. The Kier molecular flexibility index (Phi) is 21.4. The number of carboxylic acid groups (broad SMARTS) is 1. The van der Waals surface area contributed by atoms with Crippen molar-refractivity contribution in [3.05, 3.63) is 48.0 Å². The average Bonchev–Trinajstić information content (AvgIpc) is 4.07. The van der Waals surface area contributed by atoms with Crippen molar-refractivity contribution in [2.75, 3.05) is 27.8 Å². The summed E-state index contributed by atoms with van der Waals surface area (Å²) in [6, 6.07) is 7.57. The molecule has 1 aromatic carbocycles. The molecule has 0 aromatic heterocycles. The lowest BCUT2D eigenvalue weighted by Crippen LogP contribution is -2.54. The third-order valence-electron chi connectivity index (χ3n) is 14.5. The molecule has 14 nitrogen and oxygen atoms in total. The zero-order chi connectivity index (χ0) is 48.7. The Hall–Kier alpha value is -4.56. The number of nitrogens with one attached hydrogen (secondary N) is 1. The number of methoxy groups -OCH3 is 2. The van der Waals surface area contributed by atoms with Crippen LogP contribution in [-0.4, -0.2) is 120 Å². The van der Waals surface area contributed by atoms with Gasteiger partial charge in [-0.15, -0.1) is 0 Å². The highest BCUT2D eigenvalue weighted by molar-refractivity contribution is 6.18. The summed E-state index contributed by atoms with van der Waals surface area (Å²) in [6.07, 6.45) is 8.81. The number of Topliss-reactive ketones (excluding diaryl/α,β-unsaturated/α-hetero) is 2. The van der Waals surface area contributed by atoms with E-state index in [1.807, 2.05) is 58.0 Å². The number of benzene rings is 1. The Labute approximate surface area is 392 Å². The fourth-order valence-electron chi connectivity index (χ4n) is 10.6. The number of unbranched alkanes of at least 4 members (excludes halogenated alkanes) is 2. The van der Waals surface area contributed by atoms with E-state index in [1.165, 1.54) is 19.3 Å². The van der Waals surface area contributed by atoms with E-state index >= 15 is 0 Å². The molecule has 0 spiro atoms. The van der Waals surface area contributed by atoms with Crippen LogP contribution in [0.25, 0.3) is 0 Å². The van der Waals surface area contributed by atoms with Crippen molar-refractivity contribution in [2.45, 2.75) is 161 Å². The smallest absolute Gasteiger partial charge is 0.307 e. The summed E-state index contributed by atoms with van der Waals surface area (Å²) in [4.78, 5) is 109. The molecule has 1 saturated heterocycles. The average molecular weight is 920 g/mol. The first-order valence-corrected chi connectivity index (χ1v) is 24.4. The summed E-state index contributed by atoms with van der Waals surface area (Å²) < 4.78 is 12.1. The van der Waals surface area contributed by atoms with Crippen LogP contribution < -0.4 is 5.32 Å². The molecule has 1 saturated carbocycles. The second-order valence-corrected chi connectivity index (χ2v) is 19.7.